The van der Waals surface area contributed by atoms with Crippen LogP contribution < -0.4 is 10.2 Å². The molecule has 15 heteroatoms. The molecule has 0 aliphatic carbocycles. The van der Waals surface area contributed by atoms with Crippen LogP contribution in [0.1, 0.15) is 41.0 Å². The minimum atomic E-state index is -0.781. The van der Waals surface area contributed by atoms with Gasteiger partial charge in [-0.2, -0.15) is 0 Å². The quantitative estimate of drug-likeness (QED) is 0.138. The lowest BCUT2D eigenvalue weighted by Gasteiger charge is -2.25. The number of nitro groups is 2. The minimum Gasteiger partial charge on any atom is -0.372 e. The number of fused-ring (bicyclic) bond motifs is 1. The summed E-state index contributed by atoms with van der Waals surface area (Å²) in [5.41, 5.74) is 1.42. The van der Waals surface area contributed by atoms with Gasteiger partial charge in [-0.15, -0.1) is 10.2 Å². The third-order valence-electron chi connectivity index (χ3n) is 6.03. The van der Waals surface area contributed by atoms with Crippen molar-refractivity contribution in [2.75, 3.05) is 29.9 Å². The van der Waals surface area contributed by atoms with Gasteiger partial charge in [0.15, 0.2) is 0 Å². The molecule has 4 rings (SSSR count). The molecule has 1 aliphatic heterocycles. The molecule has 14 nitrogen and oxygen atoms in total. The Hall–Kier alpha value is -5.05. The van der Waals surface area contributed by atoms with Crippen molar-refractivity contribution in [1.82, 2.24) is 4.90 Å². The van der Waals surface area contributed by atoms with Crippen molar-refractivity contribution in [3.8, 4) is 0 Å². The van der Waals surface area contributed by atoms with Crippen LogP contribution >= 0.6 is 11.3 Å². The standard InChI is InChI=1S/C25H23N7O7S/c1-3-29(11-6-12-30-24(34)17-7-4-5-8-18(17)25(30)35)16-9-10-19(20(13-16)26-15(2)33)27-28-23-21(31(36)37)14-22(40-23)32(38)39/h4-5,7-10,13-14H,3,6,11-12H2,1-2H3,(H,26,33)/b28-27+. The molecule has 0 saturated carbocycles. The van der Waals surface area contributed by atoms with Crippen molar-refractivity contribution in [2.24, 2.45) is 10.2 Å². The first-order chi connectivity index (χ1) is 19.1. The summed E-state index contributed by atoms with van der Waals surface area (Å²) in [6, 6.07) is 12.5. The predicted octanol–water partition coefficient (Wildman–Crippen LogP) is 5.45. The molecule has 0 fully saturated rings. The zero-order valence-corrected chi connectivity index (χ0v) is 22.2. The topological polar surface area (TPSA) is 181 Å². The van der Waals surface area contributed by atoms with Gasteiger partial charge in [-0.1, -0.05) is 12.1 Å². The Balaban J connectivity index is 1.51. The molecule has 3 aromatic rings. The lowest BCUT2D eigenvalue weighted by molar-refractivity contribution is -0.389. The smallest absolute Gasteiger partial charge is 0.333 e. The number of nitrogens with zero attached hydrogens (tertiary/aromatic N) is 6. The van der Waals surface area contributed by atoms with Gasteiger partial charge >= 0.3 is 10.7 Å². The van der Waals surface area contributed by atoms with Crippen molar-refractivity contribution < 1.29 is 24.2 Å². The second-order valence-corrected chi connectivity index (χ2v) is 9.62. The first-order valence-electron chi connectivity index (χ1n) is 12.1. The molecule has 40 heavy (non-hydrogen) atoms. The third kappa shape index (κ3) is 5.83. The zero-order chi connectivity index (χ0) is 29.0. The molecule has 1 N–H and O–H groups in total. The van der Waals surface area contributed by atoms with Gasteiger partial charge in [0.25, 0.3) is 11.8 Å². The summed E-state index contributed by atoms with van der Waals surface area (Å²) < 4.78 is 0. The lowest BCUT2D eigenvalue weighted by Crippen LogP contribution is -2.33. The van der Waals surface area contributed by atoms with Crippen molar-refractivity contribution in [3.63, 3.8) is 0 Å². The molecule has 2 aromatic carbocycles. The number of benzene rings is 2. The molecule has 0 atom stereocenters. The fourth-order valence-corrected chi connectivity index (χ4v) is 4.94. The highest BCUT2D eigenvalue weighted by atomic mass is 32.1. The van der Waals surface area contributed by atoms with Gasteiger partial charge in [-0.25, -0.2) is 0 Å². The van der Waals surface area contributed by atoms with Crippen LogP contribution in [0.2, 0.25) is 0 Å². The molecule has 2 heterocycles. The van der Waals surface area contributed by atoms with Crippen molar-refractivity contribution in [3.05, 3.63) is 79.9 Å². The summed E-state index contributed by atoms with van der Waals surface area (Å²) in [5, 5.41) is 32.1. The van der Waals surface area contributed by atoms with E-state index in [1.54, 1.807) is 42.5 Å². The first kappa shape index (κ1) is 28.0. The highest BCUT2D eigenvalue weighted by Gasteiger charge is 2.34. The number of anilines is 2. The fourth-order valence-electron chi connectivity index (χ4n) is 4.18. The number of imide groups is 1. The van der Waals surface area contributed by atoms with E-state index in [1.165, 1.54) is 11.8 Å². The SMILES string of the molecule is CCN(CCCN1C(=O)c2ccccc2C1=O)c1ccc(/N=N/c2sc([N+](=O)[O-])cc2[N+](=O)[O-])c(NC(C)=O)c1. The number of nitrogens with one attached hydrogen (secondary N) is 1. The molecule has 1 aromatic heterocycles. The lowest BCUT2D eigenvalue weighted by atomic mass is 10.1. The molecule has 3 amide bonds. The monoisotopic (exact) mass is 565 g/mol. The average Bonchev–Trinajstić information content (AvgIpc) is 3.46. The molecule has 0 radical (unpaired) electrons. The number of hydrogen-bond acceptors (Lipinski definition) is 11. The molecule has 0 saturated heterocycles. The maximum atomic E-state index is 12.6. The van der Waals surface area contributed by atoms with Gasteiger partial charge in [0.05, 0.1) is 26.7 Å². The van der Waals surface area contributed by atoms with Gasteiger partial charge < -0.3 is 10.2 Å². The summed E-state index contributed by atoms with van der Waals surface area (Å²) in [6.07, 6.45) is 0.497. The molecular formula is C25H23N7O7S. The van der Waals surface area contributed by atoms with Crippen LogP contribution in [-0.4, -0.2) is 52.1 Å². The van der Waals surface area contributed by atoms with Crippen LogP contribution in [0.15, 0.2) is 58.8 Å². The minimum absolute atomic E-state index is 0.186. The van der Waals surface area contributed by atoms with E-state index in [9.17, 15) is 34.6 Å². The van der Waals surface area contributed by atoms with Crippen molar-refractivity contribution >= 4 is 61.8 Å². The number of rotatable bonds is 11. The Bertz CT molecular complexity index is 1520. The summed E-state index contributed by atoms with van der Waals surface area (Å²) in [7, 11) is 0. The highest BCUT2D eigenvalue weighted by molar-refractivity contribution is 7.19. The van der Waals surface area contributed by atoms with E-state index in [4.69, 9.17) is 0 Å². The number of carbonyl (C=O) groups excluding carboxylic acids is 3. The van der Waals surface area contributed by atoms with E-state index in [0.29, 0.717) is 47.7 Å². The Morgan fingerprint density at radius 2 is 1.70 bits per heavy atom. The summed E-state index contributed by atoms with van der Waals surface area (Å²) in [4.78, 5) is 61.1. The molecule has 1 aliphatic rings. The van der Waals surface area contributed by atoms with Crippen molar-refractivity contribution in [2.45, 2.75) is 20.3 Å². The Morgan fingerprint density at radius 1 is 1.02 bits per heavy atom. The molecular weight excluding hydrogens is 542 g/mol. The van der Waals surface area contributed by atoms with Crippen LogP contribution in [0.3, 0.4) is 0 Å². The van der Waals surface area contributed by atoms with E-state index < -0.39 is 20.5 Å². The maximum Gasteiger partial charge on any atom is 0.333 e. The van der Waals surface area contributed by atoms with Gasteiger partial charge in [-0.3, -0.25) is 39.5 Å². The zero-order valence-electron chi connectivity index (χ0n) is 21.4. The Morgan fingerprint density at radius 3 is 2.27 bits per heavy atom. The molecule has 0 spiro atoms. The van der Waals surface area contributed by atoms with E-state index in [0.717, 1.165) is 6.07 Å². The number of hydrogen-bond donors (Lipinski definition) is 1. The predicted molar refractivity (Wildman–Crippen MR) is 147 cm³/mol. The van der Waals surface area contributed by atoms with E-state index in [1.807, 2.05) is 11.8 Å². The third-order valence-corrected chi connectivity index (χ3v) is 6.99. The second kappa shape index (κ2) is 11.8. The summed E-state index contributed by atoms with van der Waals surface area (Å²) in [6.45, 7) is 4.54. The van der Waals surface area contributed by atoms with Gasteiger partial charge in [0.2, 0.25) is 10.9 Å². The van der Waals surface area contributed by atoms with Crippen LogP contribution in [0.4, 0.5) is 32.8 Å². The number of azo groups is 1. The van der Waals surface area contributed by atoms with E-state index in [-0.39, 0.29) is 40.6 Å². The van der Waals surface area contributed by atoms with Crippen LogP contribution in [0.5, 0.6) is 0 Å². The molecule has 0 unspecified atom stereocenters. The van der Waals surface area contributed by atoms with E-state index in [2.05, 4.69) is 15.5 Å². The van der Waals surface area contributed by atoms with E-state index >= 15 is 0 Å². The van der Waals surface area contributed by atoms with Crippen LogP contribution in [-0.2, 0) is 4.79 Å². The molecule has 0 bridgehead atoms. The first-order valence-corrected chi connectivity index (χ1v) is 12.9. The normalized spacial score (nSPS) is 12.6. The van der Waals surface area contributed by atoms with Gasteiger partial charge in [-0.05, 0) is 55.0 Å². The van der Waals surface area contributed by atoms with Gasteiger partial charge in [0, 0.05) is 32.2 Å². The average molecular weight is 566 g/mol. The largest absolute Gasteiger partial charge is 0.372 e. The van der Waals surface area contributed by atoms with Crippen LogP contribution in [0.25, 0.3) is 0 Å². The molecule has 206 valence electrons. The van der Waals surface area contributed by atoms with Crippen LogP contribution in [0, 0.1) is 20.2 Å². The number of thiophene rings is 1. The number of amides is 3. The fraction of sp³-hybridized carbons (Fsp3) is 0.240. The highest BCUT2D eigenvalue weighted by Crippen LogP contribution is 2.42. The summed E-state index contributed by atoms with van der Waals surface area (Å²) >= 11 is 0.514. The second-order valence-electron chi connectivity index (χ2n) is 8.61. The Kier molecular flexibility index (Phi) is 8.23. The van der Waals surface area contributed by atoms with Gasteiger partial charge in [0.1, 0.15) is 11.8 Å². The summed E-state index contributed by atoms with van der Waals surface area (Å²) in [5.74, 6) is -1.02. The Labute approximate surface area is 231 Å². The van der Waals surface area contributed by atoms with Crippen molar-refractivity contribution in [1.29, 1.82) is 0 Å². The maximum absolute atomic E-state index is 12.6. The number of carbonyl (C=O) groups is 3.